The van der Waals surface area contributed by atoms with E-state index in [9.17, 15) is 9.59 Å². The van der Waals surface area contributed by atoms with Gasteiger partial charge in [0.05, 0.1) is 24.1 Å². The number of aromatic nitrogens is 3. The van der Waals surface area contributed by atoms with E-state index in [-0.39, 0.29) is 17.0 Å². The third-order valence-corrected chi connectivity index (χ3v) is 5.87. The first-order chi connectivity index (χ1) is 13.0. The van der Waals surface area contributed by atoms with Gasteiger partial charge in [-0.05, 0) is 48.9 Å². The minimum absolute atomic E-state index is 0.196. The standard InChI is InChI=1S/C20H20N4O2S/c1-13-3-6-24(12-16-10-21-14(2)9-22-16)20(26)18(13)19(25)23-7-4-17-15(11-23)5-8-27-17/h3,5-6,8-10H,4,7,11-12H2,1-2H3. The number of rotatable bonds is 3. The van der Waals surface area contributed by atoms with Crippen LogP contribution >= 0.6 is 11.3 Å². The van der Waals surface area contributed by atoms with Crippen molar-refractivity contribution in [3.05, 3.63) is 79.4 Å². The predicted molar refractivity (Wildman–Crippen MR) is 104 cm³/mol. The summed E-state index contributed by atoms with van der Waals surface area (Å²) >= 11 is 1.73. The van der Waals surface area contributed by atoms with Gasteiger partial charge in [-0.2, -0.15) is 0 Å². The van der Waals surface area contributed by atoms with Gasteiger partial charge in [-0.15, -0.1) is 11.3 Å². The van der Waals surface area contributed by atoms with E-state index in [2.05, 4.69) is 21.4 Å². The molecule has 1 aliphatic heterocycles. The zero-order valence-corrected chi connectivity index (χ0v) is 16.1. The Morgan fingerprint density at radius 2 is 2.07 bits per heavy atom. The van der Waals surface area contributed by atoms with Crippen LogP contribution in [0.5, 0.6) is 0 Å². The summed E-state index contributed by atoms with van der Waals surface area (Å²) in [6.07, 6.45) is 5.89. The number of thiophene rings is 1. The van der Waals surface area contributed by atoms with Gasteiger partial charge in [0.1, 0.15) is 5.56 Å². The number of hydrogen-bond acceptors (Lipinski definition) is 5. The van der Waals surface area contributed by atoms with Crippen LogP contribution < -0.4 is 5.56 Å². The van der Waals surface area contributed by atoms with Crippen molar-refractivity contribution in [2.75, 3.05) is 6.54 Å². The normalized spacial score (nSPS) is 13.5. The summed E-state index contributed by atoms with van der Waals surface area (Å²) in [6.45, 7) is 5.17. The molecule has 1 amide bonds. The number of pyridine rings is 1. The van der Waals surface area contributed by atoms with Crippen LogP contribution in [0.4, 0.5) is 0 Å². The molecule has 7 heteroatoms. The Kier molecular flexibility index (Phi) is 4.61. The summed E-state index contributed by atoms with van der Waals surface area (Å²) in [5.41, 5.74) is 3.36. The van der Waals surface area contributed by atoms with Crippen molar-refractivity contribution in [2.24, 2.45) is 0 Å². The number of aryl methyl sites for hydroxylation is 2. The zero-order chi connectivity index (χ0) is 19.0. The molecule has 0 aromatic carbocycles. The molecule has 1 aliphatic rings. The van der Waals surface area contributed by atoms with E-state index in [1.54, 1.807) is 34.8 Å². The minimum Gasteiger partial charge on any atom is -0.334 e. The van der Waals surface area contributed by atoms with Crippen molar-refractivity contribution >= 4 is 17.2 Å². The maximum atomic E-state index is 13.1. The molecule has 0 spiro atoms. The third-order valence-electron chi connectivity index (χ3n) is 4.85. The lowest BCUT2D eigenvalue weighted by atomic mass is 10.1. The van der Waals surface area contributed by atoms with E-state index in [0.29, 0.717) is 30.9 Å². The van der Waals surface area contributed by atoms with Crippen LogP contribution in [0.25, 0.3) is 0 Å². The molecule has 0 unspecified atom stereocenters. The molecule has 0 radical (unpaired) electrons. The van der Waals surface area contributed by atoms with Crippen molar-refractivity contribution in [1.29, 1.82) is 0 Å². The second-order valence-electron chi connectivity index (χ2n) is 6.80. The highest BCUT2D eigenvalue weighted by Gasteiger charge is 2.26. The molecule has 0 atom stereocenters. The third kappa shape index (κ3) is 3.42. The van der Waals surface area contributed by atoms with Gasteiger partial charge in [-0.3, -0.25) is 19.6 Å². The van der Waals surface area contributed by atoms with Crippen LogP contribution in [0.15, 0.2) is 40.9 Å². The molecule has 4 heterocycles. The number of carbonyl (C=O) groups is 1. The Bertz CT molecular complexity index is 1050. The Morgan fingerprint density at radius 3 is 2.85 bits per heavy atom. The number of nitrogens with zero attached hydrogens (tertiary/aromatic N) is 4. The topological polar surface area (TPSA) is 68.1 Å². The Morgan fingerprint density at radius 1 is 1.22 bits per heavy atom. The molecule has 3 aromatic heterocycles. The van der Waals surface area contributed by atoms with Crippen molar-refractivity contribution < 1.29 is 4.79 Å². The lowest BCUT2D eigenvalue weighted by molar-refractivity contribution is 0.0732. The average Bonchev–Trinajstić information content (AvgIpc) is 3.13. The minimum atomic E-state index is -0.279. The summed E-state index contributed by atoms with van der Waals surface area (Å²) in [4.78, 5) is 37.7. The molecule has 6 nitrogen and oxygen atoms in total. The van der Waals surface area contributed by atoms with Crippen molar-refractivity contribution in [2.45, 2.75) is 33.4 Å². The second kappa shape index (κ2) is 7.08. The molecular weight excluding hydrogens is 360 g/mol. The molecule has 3 aromatic rings. The first-order valence-corrected chi connectivity index (χ1v) is 9.73. The fourth-order valence-electron chi connectivity index (χ4n) is 3.31. The second-order valence-corrected chi connectivity index (χ2v) is 7.80. The highest BCUT2D eigenvalue weighted by atomic mass is 32.1. The van der Waals surface area contributed by atoms with Gasteiger partial charge in [0, 0.05) is 30.4 Å². The van der Waals surface area contributed by atoms with Gasteiger partial charge in [0.25, 0.3) is 11.5 Å². The molecule has 138 valence electrons. The first kappa shape index (κ1) is 17.6. The Hall–Kier alpha value is -2.80. The van der Waals surface area contributed by atoms with E-state index in [1.807, 2.05) is 19.9 Å². The fourth-order valence-corrected chi connectivity index (χ4v) is 4.19. The van der Waals surface area contributed by atoms with Crippen LogP contribution in [0.1, 0.15) is 37.7 Å². The number of amides is 1. The van der Waals surface area contributed by atoms with E-state index >= 15 is 0 Å². The molecule has 0 aliphatic carbocycles. The van der Waals surface area contributed by atoms with Crippen LogP contribution in [-0.2, 0) is 19.5 Å². The van der Waals surface area contributed by atoms with Gasteiger partial charge in [0.2, 0.25) is 0 Å². The van der Waals surface area contributed by atoms with Crippen molar-refractivity contribution in [3.8, 4) is 0 Å². The van der Waals surface area contributed by atoms with E-state index < -0.39 is 0 Å². The maximum Gasteiger partial charge on any atom is 0.264 e. The highest BCUT2D eigenvalue weighted by Crippen LogP contribution is 2.25. The molecule has 27 heavy (non-hydrogen) atoms. The average molecular weight is 380 g/mol. The lowest BCUT2D eigenvalue weighted by Crippen LogP contribution is -2.40. The fraction of sp³-hybridized carbons (Fsp3) is 0.300. The quantitative estimate of drug-likeness (QED) is 0.700. The summed E-state index contributed by atoms with van der Waals surface area (Å²) in [5.74, 6) is -0.196. The van der Waals surface area contributed by atoms with Crippen LogP contribution in [-0.4, -0.2) is 31.9 Å². The Balaban J connectivity index is 1.63. The van der Waals surface area contributed by atoms with Gasteiger partial charge < -0.3 is 9.47 Å². The Labute approximate surface area is 161 Å². The monoisotopic (exact) mass is 380 g/mol. The van der Waals surface area contributed by atoms with Crippen LogP contribution in [0, 0.1) is 13.8 Å². The van der Waals surface area contributed by atoms with Crippen molar-refractivity contribution in [3.63, 3.8) is 0 Å². The molecule has 0 saturated heterocycles. The summed E-state index contributed by atoms with van der Waals surface area (Å²) < 4.78 is 1.53. The lowest BCUT2D eigenvalue weighted by Gasteiger charge is -2.27. The van der Waals surface area contributed by atoms with E-state index in [1.165, 1.54) is 15.0 Å². The van der Waals surface area contributed by atoms with Gasteiger partial charge in [-0.25, -0.2) is 0 Å². The number of carbonyl (C=O) groups excluding carboxylic acids is 1. The number of fused-ring (bicyclic) bond motifs is 1. The largest absolute Gasteiger partial charge is 0.334 e. The van der Waals surface area contributed by atoms with Gasteiger partial charge in [-0.1, -0.05) is 0 Å². The van der Waals surface area contributed by atoms with E-state index in [4.69, 9.17) is 0 Å². The highest BCUT2D eigenvalue weighted by molar-refractivity contribution is 7.10. The van der Waals surface area contributed by atoms with Gasteiger partial charge in [0.15, 0.2) is 0 Å². The van der Waals surface area contributed by atoms with Crippen LogP contribution in [0.2, 0.25) is 0 Å². The maximum absolute atomic E-state index is 13.1. The molecule has 0 fully saturated rings. The van der Waals surface area contributed by atoms with Crippen molar-refractivity contribution in [1.82, 2.24) is 19.4 Å². The zero-order valence-electron chi connectivity index (χ0n) is 15.3. The summed E-state index contributed by atoms with van der Waals surface area (Å²) in [5, 5.41) is 2.06. The number of hydrogen-bond donors (Lipinski definition) is 0. The summed E-state index contributed by atoms with van der Waals surface area (Å²) in [6, 6.07) is 3.88. The SMILES string of the molecule is Cc1cnc(Cn2ccc(C)c(C(=O)N3CCc4sccc4C3)c2=O)cn1. The smallest absolute Gasteiger partial charge is 0.264 e. The van der Waals surface area contributed by atoms with Gasteiger partial charge >= 0.3 is 0 Å². The molecule has 0 bridgehead atoms. The molecule has 4 rings (SSSR count). The predicted octanol–water partition coefficient (Wildman–Crippen LogP) is 2.56. The molecule has 0 N–H and O–H groups in total. The van der Waals surface area contributed by atoms with E-state index in [0.717, 1.165) is 12.1 Å². The summed E-state index contributed by atoms with van der Waals surface area (Å²) in [7, 11) is 0. The molecule has 0 saturated carbocycles. The first-order valence-electron chi connectivity index (χ1n) is 8.85. The molecular formula is C20H20N4O2S. The van der Waals surface area contributed by atoms with Crippen LogP contribution in [0.3, 0.4) is 0 Å².